The highest BCUT2D eigenvalue weighted by Gasteiger charge is 2.33. The standard InChI is InChI=1S/C23H27N5O4S/c1-16-21(18(3)28(24-16)20-8-6-5-7-9-20)10-11-22(29)26-12-14-27(15-13-26)33(30,31)23-17(2)25-32-19(23)4/h5-11H,12-15H2,1-4H3/b11-10+. The van der Waals surface area contributed by atoms with Gasteiger partial charge in [-0.25, -0.2) is 13.1 Å². The van der Waals surface area contributed by atoms with Crippen molar-refractivity contribution in [2.45, 2.75) is 32.6 Å². The number of benzene rings is 1. The van der Waals surface area contributed by atoms with Crippen molar-refractivity contribution < 1.29 is 17.7 Å². The van der Waals surface area contributed by atoms with Crippen LogP contribution in [0, 0.1) is 27.7 Å². The predicted octanol–water partition coefficient (Wildman–Crippen LogP) is 2.64. The van der Waals surface area contributed by atoms with E-state index < -0.39 is 10.0 Å². The molecule has 174 valence electrons. The van der Waals surface area contributed by atoms with Gasteiger partial charge in [0.2, 0.25) is 15.9 Å². The van der Waals surface area contributed by atoms with Crippen LogP contribution in [-0.2, 0) is 14.8 Å². The molecule has 3 heterocycles. The first-order chi connectivity index (χ1) is 15.7. The summed E-state index contributed by atoms with van der Waals surface area (Å²) in [4.78, 5) is 14.6. The van der Waals surface area contributed by atoms with Crippen LogP contribution in [0.1, 0.15) is 28.4 Å². The zero-order valence-corrected chi connectivity index (χ0v) is 20.0. The van der Waals surface area contributed by atoms with E-state index in [1.54, 1.807) is 24.8 Å². The average Bonchev–Trinajstić information content (AvgIpc) is 3.30. The fraction of sp³-hybridized carbons (Fsp3) is 0.348. The van der Waals surface area contributed by atoms with Crippen molar-refractivity contribution >= 4 is 22.0 Å². The number of carbonyl (C=O) groups is 1. The maximum atomic E-state index is 13.0. The minimum Gasteiger partial charge on any atom is -0.360 e. The number of aromatic nitrogens is 3. The SMILES string of the molecule is Cc1nn(-c2ccccc2)c(C)c1/C=C/C(=O)N1CCN(S(=O)(=O)c2c(C)noc2C)CC1. The summed E-state index contributed by atoms with van der Waals surface area (Å²) < 4.78 is 34.2. The molecule has 1 aromatic carbocycles. The van der Waals surface area contributed by atoms with Crippen molar-refractivity contribution in [2.24, 2.45) is 0 Å². The second-order valence-electron chi connectivity index (χ2n) is 8.05. The number of rotatable bonds is 5. The molecule has 4 rings (SSSR count). The number of hydrogen-bond acceptors (Lipinski definition) is 6. The van der Waals surface area contributed by atoms with Gasteiger partial charge in [0.1, 0.15) is 10.6 Å². The van der Waals surface area contributed by atoms with E-state index in [1.165, 1.54) is 10.4 Å². The van der Waals surface area contributed by atoms with Gasteiger partial charge in [0.15, 0.2) is 5.76 Å². The minimum absolute atomic E-state index is 0.114. The monoisotopic (exact) mass is 469 g/mol. The molecule has 0 N–H and O–H groups in total. The van der Waals surface area contributed by atoms with E-state index in [2.05, 4.69) is 10.3 Å². The molecule has 1 fully saturated rings. The lowest BCUT2D eigenvalue weighted by atomic mass is 10.1. The van der Waals surface area contributed by atoms with Crippen LogP contribution in [0.4, 0.5) is 0 Å². The van der Waals surface area contributed by atoms with Crippen LogP contribution in [0.25, 0.3) is 11.8 Å². The Kier molecular flexibility index (Phi) is 6.22. The number of hydrogen-bond donors (Lipinski definition) is 0. The summed E-state index contributed by atoms with van der Waals surface area (Å²) in [5, 5.41) is 8.35. The third kappa shape index (κ3) is 4.36. The molecule has 3 aromatic rings. The van der Waals surface area contributed by atoms with E-state index >= 15 is 0 Å². The van der Waals surface area contributed by atoms with E-state index in [4.69, 9.17) is 4.52 Å². The second kappa shape index (κ2) is 8.95. The van der Waals surface area contributed by atoms with Crippen LogP contribution in [0.5, 0.6) is 0 Å². The lowest BCUT2D eigenvalue weighted by molar-refractivity contribution is -0.127. The van der Waals surface area contributed by atoms with E-state index in [-0.39, 0.29) is 29.7 Å². The van der Waals surface area contributed by atoms with Gasteiger partial charge in [-0.2, -0.15) is 9.40 Å². The van der Waals surface area contributed by atoms with E-state index in [0.29, 0.717) is 18.8 Å². The molecule has 1 saturated heterocycles. The first-order valence-electron chi connectivity index (χ1n) is 10.7. The number of sulfonamides is 1. The molecule has 0 saturated carbocycles. The third-order valence-corrected chi connectivity index (χ3v) is 8.00. The van der Waals surface area contributed by atoms with Crippen molar-refractivity contribution in [3.05, 3.63) is 64.8 Å². The van der Waals surface area contributed by atoms with Gasteiger partial charge in [0.25, 0.3) is 0 Å². The summed E-state index contributed by atoms with van der Waals surface area (Å²) in [5.41, 5.74) is 3.97. The van der Waals surface area contributed by atoms with E-state index in [9.17, 15) is 13.2 Å². The van der Waals surface area contributed by atoms with Gasteiger partial charge in [0.05, 0.1) is 11.4 Å². The number of carbonyl (C=O) groups excluding carboxylic acids is 1. The van der Waals surface area contributed by atoms with Crippen molar-refractivity contribution in [3.8, 4) is 5.69 Å². The normalized spacial score (nSPS) is 15.5. The van der Waals surface area contributed by atoms with Crippen LogP contribution in [0.2, 0.25) is 0 Å². The summed E-state index contributed by atoms with van der Waals surface area (Å²) in [5.74, 6) is 0.117. The Labute approximate surface area is 193 Å². The van der Waals surface area contributed by atoms with Crippen molar-refractivity contribution in [1.82, 2.24) is 24.1 Å². The quantitative estimate of drug-likeness (QED) is 0.533. The molecule has 1 aliphatic rings. The van der Waals surface area contributed by atoms with Crippen LogP contribution >= 0.6 is 0 Å². The zero-order valence-electron chi connectivity index (χ0n) is 19.1. The lowest BCUT2D eigenvalue weighted by Gasteiger charge is -2.33. The molecule has 2 aromatic heterocycles. The highest BCUT2D eigenvalue weighted by Crippen LogP contribution is 2.24. The molecule has 1 amide bonds. The van der Waals surface area contributed by atoms with Crippen molar-refractivity contribution in [2.75, 3.05) is 26.2 Å². The minimum atomic E-state index is -3.71. The molecule has 33 heavy (non-hydrogen) atoms. The van der Waals surface area contributed by atoms with Gasteiger partial charge in [-0.3, -0.25) is 4.79 Å². The topological polar surface area (TPSA) is 102 Å². The summed E-state index contributed by atoms with van der Waals surface area (Å²) in [6, 6.07) is 9.82. The van der Waals surface area contributed by atoms with Gasteiger partial charge in [-0.05, 0) is 45.9 Å². The molecular weight excluding hydrogens is 442 g/mol. The Morgan fingerprint density at radius 2 is 1.67 bits per heavy atom. The molecule has 0 aliphatic carbocycles. The Morgan fingerprint density at radius 3 is 2.27 bits per heavy atom. The van der Waals surface area contributed by atoms with Gasteiger partial charge >= 0.3 is 0 Å². The number of aryl methyl sites for hydroxylation is 3. The maximum absolute atomic E-state index is 13.0. The highest BCUT2D eigenvalue weighted by molar-refractivity contribution is 7.89. The van der Waals surface area contributed by atoms with Crippen LogP contribution in [0.15, 0.2) is 45.8 Å². The van der Waals surface area contributed by atoms with Gasteiger partial charge in [-0.15, -0.1) is 0 Å². The smallest absolute Gasteiger partial charge is 0.248 e. The molecular formula is C23H27N5O4S. The van der Waals surface area contributed by atoms with Crippen molar-refractivity contribution in [1.29, 1.82) is 0 Å². The summed E-state index contributed by atoms with van der Waals surface area (Å²) in [7, 11) is -3.71. The summed E-state index contributed by atoms with van der Waals surface area (Å²) in [6.45, 7) is 8.13. The lowest BCUT2D eigenvalue weighted by Crippen LogP contribution is -2.50. The first-order valence-corrected chi connectivity index (χ1v) is 12.2. The number of para-hydroxylation sites is 1. The van der Waals surface area contributed by atoms with Gasteiger partial charge in [0, 0.05) is 43.5 Å². The summed E-state index contributed by atoms with van der Waals surface area (Å²) >= 11 is 0. The molecule has 0 radical (unpaired) electrons. The first kappa shape index (κ1) is 22.9. The van der Waals surface area contributed by atoms with Crippen LogP contribution in [0.3, 0.4) is 0 Å². The number of piperazine rings is 1. The Bertz CT molecular complexity index is 1280. The third-order valence-electron chi connectivity index (χ3n) is 5.86. The zero-order chi connectivity index (χ0) is 23.8. The molecule has 0 bridgehead atoms. The highest BCUT2D eigenvalue weighted by atomic mass is 32.2. The van der Waals surface area contributed by atoms with Gasteiger partial charge < -0.3 is 9.42 Å². The molecule has 0 spiro atoms. The fourth-order valence-electron chi connectivity index (χ4n) is 4.10. The molecule has 0 unspecified atom stereocenters. The van der Waals surface area contributed by atoms with Crippen molar-refractivity contribution in [3.63, 3.8) is 0 Å². The number of nitrogens with zero attached hydrogens (tertiary/aromatic N) is 5. The maximum Gasteiger partial charge on any atom is 0.248 e. The molecule has 1 aliphatic heterocycles. The van der Waals surface area contributed by atoms with E-state index in [0.717, 1.165) is 22.6 Å². The van der Waals surface area contributed by atoms with Gasteiger partial charge in [-0.1, -0.05) is 23.4 Å². The second-order valence-corrected chi connectivity index (χ2v) is 9.92. The fourth-order valence-corrected chi connectivity index (χ4v) is 5.81. The molecule has 10 heteroatoms. The molecule has 0 atom stereocenters. The number of amides is 1. The van der Waals surface area contributed by atoms with Crippen LogP contribution < -0.4 is 0 Å². The predicted molar refractivity (Wildman–Crippen MR) is 123 cm³/mol. The Hall–Kier alpha value is -3.24. The van der Waals surface area contributed by atoms with E-state index in [1.807, 2.05) is 48.9 Å². The Balaban J connectivity index is 1.44. The largest absolute Gasteiger partial charge is 0.360 e. The molecule has 9 nitrogen and oxygen atoms in total. The average molecular weight is 470 g/mol. The summed E-state index contributed by atoms with van der Waals surface area (Å²) in [6.07, 6.45) is 3.32. The van der Waals surface area contributed by atoms with Crippen LogP contribution in [-0.4, -0.2) is 64.6 Å². The Morgan fingerprint density at radius 1 is 1.00 bits per heavy atom.